The molecule has 1 atom stereocenters. The second-order valence-electron chi connectivity index (χ2n) is 5.16. The Morgan fingerprint density at radius 1 is 1.20 bits per heavy atom. The lowest BCUT2D eigenvalue weighted by Gasteiger charge is -2.12. The number of aromatic nitrogens is 1. The minimum atomic E-state index is 0.686. The van der Waals surface area contributed by atoms with Gasteiger partial charge >= 0.3 is 0 Å². The van der Waals surface area contributed by atoms with Gasteiger partial charge in [0.05, 0.1) is 28.9 Å². The Balaban J connectivity index is 1.87. The van der Waals surface area contributed by atoms with Gasteiger partial charge in [0, 0.05) is 9.75 Å². The predicted molar refractivity (Wildman–Crippen MR) is 92.1 cm³/mol. The first-order valence-corrected chi connectivity index (χ1v) is 9.69. The molecule has 20 heavy (non-hydrogen) atoms. The standard InChI is InChI=1S/C15H23NOS3/c1-5-7-8-12(6-2)9-17-20-15-16-13-10(3)18-11(4)14(13)19-15/h12H,5-9H2,1-4H3. The van der Waals surface area contributed by atoms with Crippen LogP contribution in [0.1, 0.15) is 49.3 Å². The van der Waals surface area contributed by atoms with Gasteiger partial charge in [0.15, 0.2) is 4.34 Å². The Morgan fingerprint density at radius 2 is 2.00 bits per heavy atom. The highest BCUT2D eigenvalue weighted by Crippen LogP contribution is 2.38. The molecule has 2 heterocycles. The summed E-state index contributed by atoms with van der Waals surface area (Å²) in [6.45, 7) is 9.65. The van der Waals surface area contributed by atoms with Crippen molar-refractivity contribution in [3.8, 4) is 0 Å². The average Bonchev–Trinajstić information content (AvgIpc) is 2.96. The lowest BCUT2D eigenvalue weighted by molar-refractivity contribution is 0.266. The number of fused-ring (bicyclic) bond motifs is 1. The van der Waals surface area contributed by atoms with Crippen molar-refractivity contribution in [2.24, 2.45) is 5.92 Å². The van der Waals surface area contributed by atoms with Crippen molar-refractivity contribution in [1.29, 1.82) is 0 Å². The maximum atomic E-state index is 5.82. The van der Waals surface area contributed by atoms with E-state index >= 15 is 0 Å². The van der Waals surface area contributed by atoms with Gasteiger partial charge in [-0.1, -0.05) is 33.1 Å². The van der Waals surface area contributed by atoms with Crippen molar-refractivity contribution in [1.82, 2.24) is 4.98 Å². The fourth-order valence-electron chi connectivity index (χ4n) is 2.22. The van der Waals surface area contributed by atoms with E-state index in [0.717, 1.165) is 10.9 Å². The number of aryl methyl sites for hydroxylation is 2. The number of thiazole rings is 1. The third-order valence-electron chi connectivity index (χ3n) is 3.54. The van der Waals surface area contributed by atoms with E-state index in [4.69, 9.17) is 4.18 Å². The third-order valence-corrected chi connectivity index (χ3v) is 6.59. The summed E-state index contributed by atoms with van der Waals surface area (Å²) in [5.74, 6) is 0.686. The quantitative estimate of drug-likeness (QED) is 0.537. The van der Waals surface area contributed by atoms with Gasteiger partial charge in [-0.2, -0.15) is 0 Å². The van der Waals surface area contributed by atoms with E-state index in [1.54, 1.807) is 11.3 Å². The molecule has 112 valence electrons. The molecule has 0 spiro atoms. The molecule has 0 saturated heterocycles. The fraction of sp³-hybridized carbons (Fsp3) is 0.667. The van der Waals surface area contributed by atoms with Crippen LogP contribution in [0.25, 0.3) is 10.2 Å². The highest BCUT2D eigenvalue weighted by atomic mass is 32.2. The van der Waals surface area contributed by atoms with Gasteiger partial charge < -0.3 is 4.18 Å². The first-order valence-electron chi connectivity index (χ1n) is 7.31. The second kappa shape index (κ2) is 7.78. The molecule has 2 aromatic rings. The van der Waals surface area contributed by atoms with Crippen LogP contribution in [0.5, 0.6) is 0 Å². The Morgan fingerprint density at radius 3 is 2.65 bits per heavy atom. The second-order valence-corrected chi connectivity index (χ2v) is 8.63. The van der Waals surface area contributed by atoms with Crippen LogP contribution in [-0.4, -0.2) is 11.6 Å². The first kappa shape index (κ1) is 16.3. The molecular weight excluding hydrogens is 306 g/mol. The van der Waals surface area contributed by atoms with Crippen LogP contribution >= 0.6 is 34.7 Å². The Hall–Kier alpha value is -0.100. The number of nitrogens with zero attached hydrogens (tertiary/aromatic N) is 1. The molecule has 0 aromatic carbocycles. The number of hydrogen-bond donors (Lipinski definition) is 0. The van der Waals surface area contributed by atoms with Gasteiger partial charge in [-0.05, 0) is 26.2 Å². The van der Waals surface area contributed by atoms with Gasteiger partial charge in [-0.15, -0.1) is 22.7 Å². The van der Waals surface area contributed by atoms with E-state index < -0.39 is 0 Å². The van der Waals surface area contributed by atoms with Crippen LogP contribution in [0, 0.1) is 19.8 Å². The zero-order valence-electron chi connectivity index (χ0n) is 12.7. The smallest absolute Gasteiger partial charge is 0.178 e. The average molecular weight is 330 g/mol. The van der Waals surface area contributed by atoms with Crippen molar-refractivity contribution in [3.63, 3.8) is 0 Å². The highest BCUT2D eigenvalue weighted by molar-refractivity contribution is 7.96. The SMILES string of the molecule is CCCCC(CC)COSc1nc2c(C)sc(C)c2s1. The van der Waals surface area contributed by atoms with Crippen molar-refractivity contribution >= 4 is 44.9 Å². The summed E-state index contributed by atoms with van der Waals surface area (Å²) >= 11 is 5.05. The zero-order valence-corrected chi connectivity index (χ0v) is 15.1. The molecule has 2 nitrogen and oxygen atoms in total. The van der Waals surface area contributed by atoms with E-state index in [1.165, 1.54) is 57.7 Å². The summed E-state index contributed by atoms with van der Waals surface area (Å²) < 4.78 is 8.19. The van der Waals surface area contributed by atoms with Crippen LogP contribution in [0.2, 0.25) is 0 Å². The van der Waals surface area contributed by atoms with Crippen molar-refractivity contribution in [2.45, 2.75) is 57.7 Å². The summed E-state index contributed by atoms with van der Waals surface area (Å²) in [4.78, 5) is 7.37. The van der Waals surface area contributed by atoms with Crippen LogP contribution < -0.4 is 0 Å². The Kier molecular flexibility index (Phi) is 6.33. The predicted octanol–water partition coefficient (Wildman–Crippen LogP) is 6.21. The monoisotopic (exact) mass is 329 g/mol. The molecular formula is C15H23NOS3. The minimum absolute atomic E-state index is 0.686. The molecule has 2 rings (SSSR count). The topological polar surface area (TPSA) is 22.1 Å². The first-order chi connectivity index (χ1) is 9.65. The van der Waals surface area contributed by atoms with Crippen LogP contribution in [0.4, 0.5) is 0 Å². The summed E-state index contributed by atoms with van der Waals surface area (Å²) in [6, 6.07) is 0. The molecule has 0 N–H and O–H groups in total. The van der Waals surface area contributed by atoms with Gasteiger partial charge in [0.1, 0.15) is 0 Å². The molecule has 0 radical (unpaired) electrons. The molecule has 0 bridgehead atoms. The Bertz CT molecular complexity index is 512. The summed E-state index contributed by atoms with van der Waals surface area (Å²) in [5, 5.41) is 0. The van der Waals surface area contributed by atoms with E-state index in [-0.39, 0.29) is 0 Å². The maximum Gasteiger partial charge on any atom is 0.178 e. The molecule has 2 aromatic heterocycles. The van der Waals surface area contributed by atoms with Gasteiger partial charge in [-0.25, -0.2) is 4.98 Å². The summed E-state index contributed by atoms with van der Waals surface area (Å²) in [5.41, 5.74) is 1.17. The van der Waals surface area contributed by atoms with Crippen LogP contribution in [0.3, 0.4) is 0 Å². The van der Waals surface area contributed by atoms with Crippen molar-refractivity contribution in [2.75, 3.05) is 6.61 Å². The van der Waals surface area contributed by atoms with E-state index in [9.17, 15) is 0 Å². The maximum absolute atomic E-state index is 5.82. The fourth-order valence-corrected chi connectivity index (χ4v) is 5.20. The molecule has 0 fully saturated rings. The molecule has 0 aliphatic rings. The number of rotatable bonds is 8. The number of hydrogen-bond acceptors (Lipinski definition) is 5. The van der Waals surface area contributed by atoms with Crippen LogP contribution in [0.15, 0.2) is 4.34 Å². The van der Waals surface area contributed by atoms with Crippen molar-refractivity contribution in [3.05, 3.63) is 9.75 Å². The van der Waals surface area contributed by atoms with Crippen molar-refractivity contribution < 1.29 is 4.18 Å². The van der Waals surface area contributed by atoms with E-state index in [2.05, 4.69) is 32.7 Å². The summed E-state index contributed by atoms with van der Waals surface area (Å²) in [7, 11) is 0. The molecule has 0 aliphatic heterocycles. The molecule has 0 aliphatic carbocycles. The molecule has 0 amide bonds. The number of thiophene rings is 1. The van der Waals surface area contributed by atoms with E-state index in [1.807, 2.05) is 11.3 Å². The Labute approximate surface area is 134 Å². The normalized spacial score (nSPS) is 13.2. The molecule has 5 heteroatoms. The van der Waals surface area contributed by atoms with Crippen LogP contribution in [-0.2, 0) is 4.18 Å². The minimum Gasteiger partial charge on any atom is -0.308 e. The third kappa shape index (κ3) is 3.97. The van der Waals surface area contributed by atoms with E-state index in [0.29, 0.717) is 5.92 Å². The highest BCUT2D eigenvalue weighted by Gasteiger charge is 2.13. The van der Waals surface area contributed by atoms with Gasteiger partial charge in [-0.3, -0.25) is 0 Å². The molecule has 0 saturated carbocycles. The summed E-state index contributed by atoms with van der Waals surface area (Å²) in [6.07, 6.45) is 5.05. The molecule has 1 unspecified atom stereocenters. The van der Waals surface area contributed by atoms with Gasteiger partial charge in [0.25, 0.3) is 0 Å². The zero-order chi connectivity index (χ0) is 14.5. The largest absolute Gasteiger partial charge is 0.308 e. The lowest BCUT2D eigenvalue weighted by atomic mass is 10.0. The van der Waals surface area contributed by atoms with Gasteiger partial charge in [0.2, 0.25) is 0 Å². The number of unbranched alkanes of at least 4 members (excludes halogenated alkanes) is 1. The lowest BCUT2D eigenvalue weighted by Crippen LogP contribution is -2.05.